The normalized spacial score (nSPS) is 39.5. The van der Waals surface area contributed by atoms with E-state index in [0.717, 1.165) is 30.2 Å². The molecule has 0 unspecified atom stereocenters. The zero-order chi connectivity index (χ0) is 12.9. The molecule has 0 spiro atoms. The van der Waals surface area contributed by atoms with E-state index in [-0.39, 0.29) is 0 Å². The average Bonchev–Trinajstić information content (AvgIpc) is 2.35. The van der Waals surface area contributed by atoms with Crippen LogP contribution in [0.4, 0.5) is 0 Å². The van der Waals surface area contributed by atoms with Gasteiger partial charge in [-0.3, -0.25) is 0 Å². The number of ether oxygens (including phenoxy) is 1. The summed E-state index contributed by atoms with van der Waals surface area (Å²) in [5.74, 6) is 3.80. The van der Waals surface area contributed by atoms with Gasteiger partial charge in [-0.15, -0.1) is 0 Å². The van der Waals surface area contributed by atoms with Crippen LogP contribution in [0.2, 0.25) is 0 Å². The predicted molar refractivity (Wildman–Crippen MR) is 83.1 cm³/mol. The smallest absolute Gasteiger partial charge is 0.214 e. The van der Waals surface area contributed by atoms with Crippen molar-refractivity contribution in [1.29, 1.82) is 0 Å². The highest BCUT2D eigenvalue weighted by Crippen LogP contribution is 2.59. The summed E-state index contributed by atoms with van der Waals surface area (Å²) in [7, 11) is 0. The van der Waals surface area contributed by atoms with Crippen molar-refractivity contribution in [3.63, 3.8) is 0 Å². The number of nitrogens with zero attached hydrogens (tertiary/aromatic N) is 1. The molecule has 0 aromatic carbocycles. The molecule has 4 saturated carbocycles. The van der Waals surface area contributed by atoms with Gasteiger partial charge in [0.2, 0.25) is 5.88 Å². The Morgan fingerprint density at radius 2 is 1.79 bits per heavy atom. The maximum Gasteiger partial charge on any atom is 0.214 e. The Hall–Kier alpha value is -0.320. The van der Waals surface area contributed by atoms with Crippen molar-refractivity contribution in [3.8, 4) is 5.88 Å². The van der Waals surface area contributed by atoms with Crippen LogP contribution in [0, 0.1) is 26.7 Å². The summed E-state index contributed by atoms with van der Waals surface area (Å²) in [5.41, 5.74) is 0.484. The van der Waals surface area contributed by atoms with Crippen LogP contribution in [0.5, 0.6) is 5.88 Å². The highest BCUT2D eigenvalue weighted by molar-refractivity contribution is 14.1. The molecule has 102 valence electrons. The Morgan fingerprint density at radius 1 is 1.16 bits per heavy atom. The van der Waals surface area contributed by atoms with Gasteiger partial charge in [-0.25, -0.2) is 4.98 Å². The molecule has 0 atom stereocenters. The van der Waals surface area contributed by atoms with Gasteiger partial charge in [0.25, 0.3) is 0 Å². The lowest BCUT2D eigenvalue weighted by molar-refractivity contribution is -0.0751. The van der Waals surface area contributed by atoms with E-state index < -0.39 is 0 Å². The lowest BCUT2D eigenvalue weighted by Crippen LogP contribution is -2.48. The van der Waals surface area contributed by atoms with E-state index in [9.17, 15) is 0 Å². The van der Waals surface area contributed by atoms with E-state index in [2.05, 4.69) is 27.6 Å². The van der Waals surface area contributed by atoms with Crippen LogP contribution < -0.4 is 4.74 Å². The van der Waals surface area contributed by atoms with E-state index in [1.54, 1.807) is 0 Å². The minimum atomic E-state index is 0.484. The quantitative estimate of drug-likeness (QED) is 0.742. The van der Waals surface area contributed by atoms with Crippen molar-refractivity contribution in [2.45, 2.75) is 38.5 Å². The van der Waals surface area contributed by atoms with Crippen molar-refractivity contribution in [3.05, 3.63) is 21.9 Å². The number of aromatic nitrogens is 1. The third-order valence-electron chi connectivity index (χ3n) is 5.39. The molecule has 2 nitrogen and oxygen atoms in total. The zero-order valence-electron chi connectivity index (χ0n) is 11.1. The lowest BCUT2D eigenvalue weighted by atomic mass is 9.50. The third-order valence-corrected chi connectivity index (χ3v) is 6.06. The van der Waals surface area contributed by atoms with Gasteiger partial charge in [-0.1, -0.05) is 0 Å². The van der Waals surface area contributed by atoms with Crippen molar-refractivity contribution < 1.29 is 4.74 Å². The first-order valence-electron chi connectivity index (χ1n) is 7.45. The first-order valence-corrected chi connectivity index (χ1v) is 8.53. The summed E-state index contributed by atoms with van der Waals surface area (Å²) in [6, 6.07) is 4.05. The second-order valence-electron chi connectivity index (χ2n) is 7.02. The third kappa shape index (κ3) is 2.39. The molecular formula is C16H20INO. The molecule has 5 rings (SSSR count). The van der Waals surface area contributed by atoms with Crippen LogP contribution in [-0.2, 0) is 0 Å². The van der Waals surface area contributed by atoms with Crippen molar-refractivity contribution in [1.82, 2.24) is 4.98 Å². The van der Waals surface area contributed by atoms with Crippen LogP contribution in [0.15, 0.2) is 18.3 Å². The lowest BCUT2D eigenvalue weighted by Gasteiger charge is -2.56. The summed E-state index contributed by atoms with van der Waals surface area (Å²) in [5, 5.41) is 0. The largest absolute Gasteiger partial charge is 0.477 e. The number of hydrogen-bond donors (Lipinski definition) is 0. The molecule has 0 saturated heterocycles. The van der Waals surface area contributed by atoms with Crippen molar-refractivity contribution in [2.75, 3.05) is 6.61 Å². The molecule has 4 aliphatic carbocycles. The van der Waals surface area contributed by atoms with Gasteiger partial charge in [0.15, 0.2) is 0 Å². The molecule has 19 heavy (non-hydrogen) atoms. The van der Waals surface area contributed by atoms with E-state index in [1.165, 1.54) is 42.1 Å². The van der Waals surface area contributed by atoms with Crippen LogP contribution in [0.25, 0.3) is 0 Å². The standard InChI is InChI=1S/C16H20INO/c17-14-1-2-18-15(6-14)19-10-16-7-11-3-12(8-16)5-13(4-11)9-16/h1-2,6,11-13H,3-5,7-10H2. The Kier molecular flexibility index (Phi) is 3.01. The second-order valence-corrected chi connectivity index (χ2v) is 8.26. The Bertz CT molecular complexity index is 452. The summed E-state index contributed by atoms with van der Waals surface area (Å²) in [6.07, 6.45) is 10.6. The van der Waals surface area contributed by atoms with Crippen LogP contribution in [0.1, 0.15) is 38.5 Å². The maximum absolute atomic E-state index is 6.06. The molecule has 0 radical (unpaired) electrons. The number of hydrogen-bond acceptors (Lipinski definition) is 2. The number of pyridine rings is 1. The van der Waals surface area contributed by atoms with Gasteiger partial charge in [0, 0.05) is 21.2 Å². The molecule has 1 aromatic rings. The molecule has 1 aromatic heterocycles. The second kappa shape index (κ2) is 4.61. The Balaban J connectivity index is 1.48. The molecule has 0 N–H and O–H groups in total. The first-order chi connectivity index (χ1) is 9.21. The number of halogens is 1. The predicted octanol–water partition coefficient (Wildman–Crippen LogP) is 4.28. The van der Waals surface area contributed by atoms with Gasteiger partial charge in [-0.05, 0) is 84.9 Å². The van der Waals surface area contributed by atoms with Gasteiger partial charge >= 0.3 is 0 Å². The van der Waals surface area contributed by atoms with E-state index in [0.29, 0.717) is 5.41 Å². The van der Waals surface area contributed by atoms with Gasteiger partial charge in [0.1, 0.15) is 0 Å². The molecule has 3 heteroatoms. The fourth-order valence-electron chi connectivity index (χ4n) is 5.16. The fraction of sp³-hybridized carbons (Fsp3) is 0.688. The first kappa shape index (κ1) is 12.4. The molecule has 1 heterocycles. The minimum absolute atomic E-state index is 0.484. The van der Waals surface area contributed by atoms with E-state index in [4.69, 9.17) is 4.74 Å². The molecule has 4 bridgehead atoms. The molecule has 0 aliphatic heterocycles. The fourth-order valence-corrected chi connectivity index (χ4v) is 5.59. The molecular weight excluding hydrogens is 349 g/mol. The van der Waals surface area contributed by atoms with Crippen LogP contribution in [0.3, 0.4) is 0 Å². The minimum Gasteiger partial charge on any atom is -0.477 e. The zero-order valence-corrected chi connectivity index (χ0v) is 13.3. The Morgan fingerprint density at radius 3 is 2.37 bits per heavy atom. The molecule has 4 fully saturated rings. The highest BCUT2D eigenvalue weighted by Gasteiger charge is 2.51. The van der Waals surface area contributed by atoms with E-state index >= 15 is 0 Å². The molecule has 4 aliphatic rings. The van der Waals surface area contributed by atoms with E-state index in [1.807, 2.05) is 18.3 Å². The summed E-state index contributed by atoms with van der Waals surface area (Å²) in [6.45, 7) is 0.892. The van der Waals surface area contributed by atoms with Gasteiger partial charge < -0.3 is 4.74 Å². The highest BCUT2D eigenvalue weighted by atomic mass is 127. The Labute approximate surface area is 128 Å². The maximum atomic E-state index is 6.06. The van der Waals surface area contributed by atoms with Crippen molar-refractivity contribution >= 4 is 22.6 Å². The van der Waals surface area contributed by atoms with Crippen molar-refractivity contribution in [2.24, 2.45) is 23.2 Å². The topological polar surface area (TPSA) is 22.1 Å². The summed E-state index contributed by atoms with van der Waals surface area (Å²) >= 11 is 2.32. The number of rotatable bonds is 3. The SMILES string of the molecule is Ic1ccnc(OCC23CC4CC(CC(C4)C2)C3)c1. The van der Waals surface area contributed by atoms with Crippen LogP contribution >= 0.6 is 22.6 Å². The van der Waals surface area contributed by atoms with Gasteiger partial charge in [0.05, 0.1) is 6.61 Å². The summed E-state index contributed by atoms with van der Waals surface area (Å²) < 4.78 is 7.26. The van der Waals surface area contributed by atoms with Gasteiger partial charge in [-0.2, -0.15) is 0 Å². The van der Waals surface area contributed by atoms with Crippen LogP contribution in [-0.4, -0.2) is 11.6 Å². The average molecular weight is 369 g/mol. The summed E-state index contributed by atoms with van der Waals surface area (Å²) in [4.78, 5) is 4.33. The monoisotopic (exact) mass is 369 g/mol. The molecule has 0 amide bonds.